The molecular formula is C13H9ClN2S. The summed E-state index contributed by atoms with van der Waals surface area (Å²) in [6, 6.07) is 11.8. The summed E-state index contributed by atoms with van der Waals surface area (Å²) >= 11 is 7.86. The molecule has 0 aliphatic carbocycles. The van der Waals surface area contributed by atoms with Gasteiger partial charge in [0, 0.05) is 31.7 Å². The zero-order chi connectivity index (χ0) is 11.8. The van der Waals surface area contributed by atoms with Crippen molar-refractivity contribution < 1.29 is 0 Å². The summed E-state index contributed by atoms with van der Waals surface area (Å²) in [5.74, 6) is 0.535. The highest BCUT2D eigenvalue weighted by atomic mass is 35.5. The van der Waals surface area contributed by atoms with Crippen LogP contribution < -0.4 is 5.73 Å². The van der Waals surface area contributed by atoms with Crippen LogP contribution in [0.1, 0.15) is 0 Å². The molecule has 3 aromatic rings. The number of benzene rings is 1. The largest absolute Gasteiger partial charge is 0.384 e. The number of aromatic nitrogens is 1. The molecule has 2 aromatic heterocycles. The molecule has 0 unspecified atom stereocenters. The minimum atomic E-state index is 0.535. The zero-order valence-electron chi connectivity index (χ0n) is 8.85. The third-order valence-corrected chi connectivity index (χ3v) is 4.06. The molecule has 4 heteroatoms. The Labute approximate surface area is 108 Å². The van der Waals surface area contributed by atoms with Gasteiger partial charge in [-0.3, -0.25) is 0 Å². The van der Waals surface area contributed by atoms with Gasteiger partial charge in [0.1, 0.15) is 5.82 Å². The fourth-order valence-electron chi connectivity index (χ4n) is 1.72. The number of hydrogen-bond donors (Lipinski definition) is 1. The molecule has 0 amide bonds. The first kappa shape index (κ1) is 10.6. The quantitative estimate of drug-likeness (QED) is 0.712. The summed E-state index contributed by atoms with van der Waals surface area (Å²) in [4.78, 5) is 5.25. The summed E-state index contributed by atoms with van der Waals surface area (Å²) in [7, 11) is 0. The number of fused-ring (bicyclic) bond motifs is 1. The fraction of sp³-hybridized carbons (Fsp3) is 0. The molecule has 3 rings (SSSR count). The van der Waals surface area contributed by atoms with E-state index in [1.54, 1.807) is 23.6 Å². The van der Waals surface area contributed by atoms with Crippen molar-refractivity contribution in [2.75, 3.05) is 5.73 Å². The second-order valence-electron chi connectivity index (χ2n) is 3.73. The third kappa shape index (κ3) is 1.88. The van der Waals surface area contributed by atoms with Gasteiger partial charge >= 0.3 is 0 Å². The van der Waals surface area contributed by atoms with Crippen molar-refractivity contribution >= 4 is 38.8 Å². The third-order valence-electron chi connectivity index (χ3n) is 2.58. The predicted octanol–water partition coefficient (Wildman–Crippen LogP) is 4.20. The molecule has 0 radical (unpaired) electrons. The van der Waals surface area contributed by atoms with Crippen molar-refractivity contribution in [1.82, 2.24) is 4.98 Å². The molecule has 0 saturated heterocycles. The van der Waals surface area contributed by atoms with Crippen LogP contribution in [0.2, 0.25) is 5.02 Å². The molecule has 2 N–H and O–H groups in total. The molecule has 1 aromatic carbocycles. The minimum absolute atomic E-state index is 0.535. The van der Waals surface area contributed by atoms with Crippen LogP contribution in [0.15, 0.2) is 42.6 Å². The lowest BCUT2D eigenvalue weighted by Crippen LogP contribution is -1.87. The maximum absolute atomic E-state index is 6.15. The van der Waals surface area contributed by atoms with E-state index >= 15 is 0 Å². The highest BCUT2D eigenvalue weighted by molar-refractivity contribution is 7.22. The first-order valence-electron chi connectivity index (χ1n) is 5.14. The topological polar surface area (TPSA) is 38.9 Å². The van der Waals surface area contributed by atoms with E-state index in [1.165, 1.54) is 4.70 Å². The number of nitrogens with two attached hydrogens (primary N) is 1. The number of thiophene rings is 1. The monoisotopic (exact) mass is 260 g/mol. The van der Waals surface area contributed by atoms with Crippen LogP contribution in [-0.4, -0.2) is 4.98 Å². The summed E-state index contributed by atoms with van der Waals surface area (Å²) < 4.78 is 1.18. The van der Waals surface area contributed by atoms with Crippen LogP contribution in [-0.2, 0) is 0 Å². The van der Waals surface area contributed by atoms with Gasteiger partial charge in [0.25, 0.3) is 0 Å². The molecule has 0 aliphatic rings. The molecular weight excluding hydrogens is 252 g/mol. The normalized spacial score (nSPS) is 10.9. The zero-order valence-corrected chi connectivity index (χ0v) is 10.4. The molecule has 0 fully saturated rings. The van der Waals surface area contributed by atoms with E-state index in [0.29, 0.717) is 5.82 Å². The number of rotatable bonds is 1. The fourth-order valence-corrected chi connectivity index (χ4v) is 3.08. The molecule has 0 aliphatic heterocycles. The van der Waals surface area contributed by atoms with Crippen LogP contribution >= 0.6 is 22.9 Å². The Hall–Kier alpha value is -1.58. The lowest BCUT2D eigenvalue weighted by atomic mass is 10.2. The van der Waals surface area contributed by atoms with Gasteiger partial charge in [0.2, 0.25) is 0 Å². The Morgan fingerprint density at radius 2 is 2.06 bits per heavy atom. The van der Waals surface area contributed by atoms with E-state index in [4.69, 9.17) is 17.3 Å². The Balaban J connectivity index is 2.18. The highest BCUT2D eigenvalue weighted by Gasteiger charge is 2.06. The van der Waals surface area contributed by atoms with Crippen molar-refractivity contribution in [2.45, 2.75) is 0 Å². The second-order valence-corrected chi connectivity index (χ2v) is 5.23. The van der Waals surface area contributed by atoms with Crippen molar-refractivity contribution in [3.05, 3.63) is 47.6 Å². The van der Waals surface area contributed by atoms with E-state index < -0.39 is 0 Å². The van der Waals surface area contributed by atoms with Crippen LogP contribution in [0, 0.1) is 0 Å². The molecule has 84 valence electrons. The van der Waals surface area contributed by atoms with Gasteiger partial charge in [0.15, 0.2) is 0 Å². The molecule has 0 bridgehead atoms. The summed E-state index contributed by atoms with van der Waals surface area (Å²) in [5.41, 5.74) is 6.64. The van der Waals surface area contributed by atoms with Gasteiger partial charge in [-0.15, -0.1) is 11.3 Å². The van der Waals surface area contributed by atoms with Crippen molar-refractivity contribution in [3.63, 3.8) is 0 Å². The minimum Gasteiger partial charge on any atom is -0.384 e. The van der Waals surface area contributed by atoms with Crippen molar-refractivity contribution in [2.24, 2.45) is 0 Å². The van der Waals surface area contributed by atoms with Gasteiger partial charge in [-0.05, 0) is 30.3 Å². The lowest BCUT2D eigenvalue weighted by Gasteiger charge is -1.96. The smallest absolute Gasteiger partial charge is 0.123 e. The van der Waals surface area contributed by atoms with Gasteiger partial charge < -0.3 is 5.73 Å². The van der Waals surface area contributed by atoms with Gasteiger partial charge in [-0.1, -0.05) is 17.7 Å². The molecule has 0 atom stereocenters. The lowest BCUT2D eigenvalue weighted by molar-refractivity contribution is 1.34. The number of hydrogen-bond acceptors (Lipinski definition) is 3. The molecule has 2 nitrogen and oxygen atoms in total. The van der Waals surface area contributed by atoms with E-state index in [9.17, 15) is 0 Å². The molecule has 0 saturated carbocycles. The van der Waals surface area contributed by atoms with Crippen molar-refractivity contribution in [3.8, 4) is 10.4 Å². The van der Waals surface area contributed by atoms with E-state index in [2.05, 4.69) is 17.1 Å². The Kier molecular flexibility index (Phi) is 2.50. The van der Waals surface area contributed by atoms with Crippen LogP contribution in [0.3, 0.4) is 0 Å². The number of nitrogens with zero attached hydrogens (tertiary/aromatic N) is 1. The van der Waals surface area contributed by atoms with Crippen LogP contribution in [0.25, 0.3) is 20.5 Å². The molecule has 0 spiro atoms. The molecule has 17 heavy (non-hydrogen) atoms. The average Bonchev–Trinajstić information content (AvgIpc) is 2.75. The van der Waals surface area contributed by atoms with E-state index in [0.717, 1.165) is 20.8 Å². The number of pyridine rings is 1. The second kappa shape index (κ2) is 4.02. The Bertz CT molecular complexity index is 673. The average molecular weight is 261 g/mol. The first-order chi connectivity index (χ1) is 8.24. The number of halogens is 1. The van der Waals surface area contributed by atoms with Crippen LogP contribution in [0.4, 0.5) is 5.82 Å². The summed E-state index contributed by atoms with van der Waals surface area (Å²) in [6.07, 6.45) is 1.79. The SMILES string of the molecule is Nc1ccc(-c2cc3c(Cl)cccc3s2)cn1. The maximum atomic E-state index is 6.15. The Morgan fingerprint density at radius 3 is 2.76 bits per heavy atom. The first-order valence-corrected chi connectivity index (χ1v) is 6.33. The maximum Gasteiger partial charge on any atom is 0.123 e. The van der Waals surface area contributed by atoms with Gasteiger partial charge in [0.05, 0.1) is 0 Å². The highest BCUT2D eigenvalue weighted by Crippen LogP contribution is 2.36. The van der Waals surface area contributed by atoms with Crippen molar-refractivity contribution in [1.29, 1.82) is 0 Å². The number of nitrogen functional groups attached to an aromatic ring is 1. The van der Waals surface area contributed by atoms with Gasteiger partial charge in [-0.25, -0.2) is 4.98 Å². The summed E-state index contributed by atoms with van der Waals surface area (Å²) in [5, 5.41) is 1.87. The Morgan fingerprint density at radius 1 is 1.18 bits per heavy atom. The van der Waals surface area contributed by atoms with E-state index in [1.807, 2.05) is 18.2 Å². The van der Waals surface area contributed by atoms with Crippen LogP contribution in [0.5, 0.6) is 0 Å². The van der Waals surface area contributed by atoms with Gasteiger partial charge in [-0.2, -0.15) is 0 Å². The predicted molar refractivity (Wildman–Crippen MR) is 74.5 cm³/mol. The van der Waals surface area contributed by atoms with E-state index in [-0.39, 0.29) is 0 Å². The molecule has 2 heterocycles. The standard InChI is InChI=1S/C13H9ClN2S/c14-10-2-1-3-11-9(10)6-12(17-11)8-4-5-13(15)16-7-8/h1-7H,(H2,15,16). The summed E-state index contributed by atoms with van der Waals surface area (Å²) in [6.45, 7) is 0. The number of anilines is 1.